The third kappa shape index (κ3) is 3.06. The first-order valence-electron chi connectivity index (χ1n) is 9.90. The maximum Gasteiger partial charge on any atom is 0.151 e. The molecule has 0 radical (unpaired) electrons. The van der Waals surface area contributed by atoms with Crippen molar-refractivity contribution in [3.8, 4) is 17.0 Å². The minimum absolute atomic E-state index is 0.0367. The lowest BCUT2D eigenvalue weighted by Gasteiger charge is -2.38. The molecule has 1 aliphatic carbocycles. The number of nitrogens with one attached hydrogen (secondary N) is 1. The summed E-state index contributed by atoms with van der Waals surface area (Å²) in [6, 6.07) is 9.74. The number of phenols is 1. The first-order valence-corrected chi connectivity index (χ1v) is 9.90. The summed E-state index contributed by atoms with van der Waals surface area (Å²) in [5.74, 6) is 1.51. The molecule has 5 rings (SSSR count). The van der Waals surface area contributed by atoms with Crippen molar-refractivity contribution in [2.24, 2.45) is 0 Å². The number of halogens is 1. The lowest BCUT2D eigenvalue weighted by Crippen LogP contribution is -2.55. The molecule has 0 spiro atoms. The lowest BCUT2D eigenvalue weighted by atomic mass is 9.96. The van der Waals surface area contributed by atoms with E-state index >= 15 is 0 Å². The molecule has 5 nitrogen and oxygen atoms in total. The van der Waals surface area contributed by atoms with Gasteiger partial charge in [-0.2, -0.15) is 0 Å². The van der Waals surface area contributed by atoms with Crippen molar-refractivity contribution in [3.05, 3.63) is 35.9 Å². The number of benzene rings is 1. The predicted octanol–water partition coefficient (Wildman–Crippen LogP) is 3.39. The van der Waals surface area contributed by atoms with Crippen molar-refractivity contribution in [2.75, 3.05) is 11.9 Å². The van der Waals surface area contributed by atoms with Crippen molar-refractivity contribution < 1.29 is 9.50 Å². The van der Waals surface area contributed by atoms with Crippen molar-refractivity contribution in [2.45, 2.75) is 62.3 Å². The van der Waals surface area contributed by atoms with Crippen LogP contribution in [-0.2, 0) is 0 Å². The summed E-state index contributed by atoms with van der Waals surface area (Å²) in [4.78, 5) is 1.92. The minimum atomic E-state index is -0.894. The Hall–Kier alpha value is -2.21. The van der Waals surface area contributed by atoms with E-state index in [2.05, 4.69) is 21.6 Å². The van der Waals surface area contributed by atoms with E-state index in [0.717, 1.165) is 19.3 Å². The van der Waals surface area contributed by atoms with Gasteiger partial charge in [0.25, 0.3) is 0 Å². The van der Waals surface area contributed by atoms with Crippen LogP contribution in [0.3, 0.4) is 0 Å². The zero-order valence-corrected chi connectivity index (χ0v) is 15.5. The van der Waals surface area contributed by atoms with Crippen LogP contribution < -0.4 is 10.2 Å². The number of fused-ring (bicyclic) bond motifs is 2. The normalized spacial score (nSPS) is 29.7. The molecule has 0 amide bonds. The van der Waals surface area contributed by atoms with Gasteiger partial charge in [0.15, 0.2) is 5.82 Å². The molecule has 2 aromatic rings. The fraction of sp³-hybridized carbons (Fsp3) is 0.524. The van der Waals surface area contributed by atoms with E-state index in [1.807, 2.05) is 36.2 Å². The number of alkyl halides is 1. The maximum absolute atomic E-state index is 14.8. The van der Waals surface area contributed by atoms with Crippen LogP contribution in [0.4, 0.5) is 10.2 Å². The van der Waals surface area contributed by atoms with E-state index in [4.69, 9.17) is 0 Å². The van der Waals surface area contributed by atoms with Crippen LogP contribution in [0.5, 0.6) is 5.75 Å². The smallest absolute Gasteiger partial charge is 0.151 e. The Morgan fingerprint density at radius 1 is 1.11 bits per heavy atom. The van der Waals surface area contributed by atoms with Crippen LogP contribution in [0.25, 0.3) is 11.3 Å². The van der Waals surface area contributed by atoms with Gasteiger partial charge in [-0.3, -0.25) is 0 Å². The highest BCUT2D eigenvalue weighted by Crippen LogP contribution is 2.42. The molecule has 3 heterocycles. The van der Waals surface area contributed by atoms with E-state index < -0.39 is 6.17 Å². The molecule has 3 aliphatic rings. The molecule has 142 valence electrons. The summed E-state index contributed by atoms with van der Waals surface area (Å²) in [5, 5.41) is 22.4. The van der Waals surface area contributed by atoms with Crippen LogP contribution in [0.1, 0.15) is 43.6 Å². The number of hydrogen-bond acceptors (Lipinski definition) is 5. The van der Waals surface area contributed by atoms with Crippen LogP contribution >= 0.6 is 0 Å². The molecular formula is C21H25FN4O. The third-order valence-electron chi connectivity index (χ3n) is 6.41. The van der Waals surface area contributed by atoms with E-state index in [-0.39, 0.29) is 17.8 Å². The Balaban J connectivity index is 1.35. The molecule has 3 fully saturated rings. The third-order valence-corrected chi connectivity index (χ3v) is 6.41. The molecule has 2 N–H and O–H groups in total. The molecule has 2 unspecified atom stereocenters. The van der Waals surface area contributed by atoms with Crippen molar-refractivity contribution in [1.82, 2.24) is 15.5 Å². The Morgan fingerprint density at radius 2 is 1.96 bits per heavy atom. The maximum atomic E-state index is 14.8. The molecule has 1 aromatic carbocycles. The largest absolute Gasteiger partial charge is 0.507 e. The second kappa shape index (κ2) is 6.44. The number of anilines is 1. The minimum Gasteiger partial charge on any atom is -0.507 e. The molecule has 2 saturated heterocycles. The highest BCUT2D eigenvalue weighted by molar-refractivity contribution is 5.67. The summed E-state index contributed by atoms with van der Waals surface area (Å²) < 4.78 is 14.8. The zero-order chi connectivity index (χ0) is 18.5. The molecule has 6 heteroatoms. The van der Waals surface area contributed by atoms with Gasteiger partial charge in [0.2, 0.25) is 0 Å². The van der Waals surface area contributed by atoms with E-state index in [1.54, 1.807) is 0 Å². The van der Waals surface area contributed by atoms with Gasteiger partial charge in [-0.15, -0.1) is 10.2 Å². The Labute approximate surface area is 158 Å². The van der Waals surface area contributed by atoms with Gasteiger partial charge in [0.1, 0.15) is 11.9 Å². The van der Waals surface area contributed by atoms with E-state index in [9.17, 15) is 9.50 Å². The number of aromatic hydroxyl groups is 1. The molecule has 1 saturated carbocycles. The summed E-state index contributed by atoms with van der Waals surface area (Å²) in [5.41, 5.74) is 2.51. The van der Waals surface area contributed by atoms with Crippen molar-refractivity contribution in [1.29, 1.82) is 0 Å². The summed E-state index contributed by atoms with van der Waals surface area (Å²) in [6.45, 7) is 0. The van der Waals surface area contributed by atoms with Gasteiger partial charge in [-0.25, -0.2) is 4.39 Å². The predicted molar refractivity (Wildman–Crippen MR) is 103 cm³/mol. The fourth-order valence-corrected chi connectivity index (χ4v) is 4.61. The van der Waals surface area contributed by atoms with Gasteiger partial charge in [-0.1, -0.05) is 6.07 Å². The molecule has 27 heavy (non-hydrogen) atoms. The van der Waals surface area contributed by atoms with Gasteiger partial charge in [0.05, 0.1) is 11.7 Å². The van der Waals surface area contributed by atoms with Crippen LogP contribution in [0, 0.1) is 0 Å². The number of phenolic OH excluding ortho intramolecular Hbond substituents is 1. The Bertz CT molecular complexity index is 839. The summed E-state index contributed by atoms with van der Waals surface area (Å²) in [6.07, 6.45) is 4.27. The number of hydrogen-bond donors (Lipinski definition) is 2. The van der Waals surface area contributed by atoms with Gasteiger partial charge >= 0.3 is 0 Å². The number of rotatable bonds is 4. The summed E-state index contributed by atoms with van der Waals surface area (Å²) in [7, 11) is 1.90. The Morgan fingerprint density at radius 3 is 2.67 bits per heavy atom. The van der Waals surface area contributed by atoms with Gasteiger partial charge in [0, 0.05) is 24.7 Å². The SMILES string of the molecule is CN(c1ccc(-c2ccc(C3CC3)cc2O)nn1)[C@@H]1CC2CCC(N2)[C@@H]1F. The number of nitrogens with zero attached hydrogens (tertiary/aromatic N) is 3. The topological polar surface area (TPSA) is 61.3 Å². The first kappa shape index (κ1) is 16.9. The van der Waals surface area contributed by atoms with E-state index in [1.165, 1.54) is 18.4 Å². The summed E-state index contributed by atoms with van der Waals surface area (Å²) >= 11 is 0. The molecule has 1 aromatic heterocycles. The second-order valence-electron chi connectivity index (χ2n) is 8.23. The van der Waals surface area contributed by atoms with E-state index in [0.29, 0.717) is 29.0 Å². The molecule has 4 atom stereocenters. The second-order valence-corrected chi connectivity index (χ2v) is 8.23. The zero-order valence-electron chi connectivity index (χ0n) is 15.5. The first-order chi connectivity index (χ1) is 13.1. The lowest BCUT2D eigenvalue weighted by molar-refractivity contribution is 0.176. The molecule has 2 aliphatic heterocycles. The Kier molecular flexibility index (Phi) is 4.04. The van der Waals surface area contributed by atoms with Crippen LogP contribution in [0.15, 0.2) is 30.3 Å². The van der Waals surface area contributed by atoms with Gasteiger partial charge < -0.3 is 15.3 Å². The average molecular weight is 368 g/mol. The van der Waals surface area contributed by atoms with Gasteiger partial charge in [-0.05, 0) is 67.9 Å². The number of aromatic nitrogens is 2. The standard InChI is InChI=1S/C21H25FN4O/c1-26(18-11-14-5-7-17(23-14)21(18)22)20-9-8-16(24-25-20)15-6-4-13(10-19(15)27)12-2-3-12/h4,6,8-10,12,14,17-18,21,23,27H,2-3,5,7,11H2,1H3/t14?,17?,18-,21+/m1/s1. The number of piperidine rings is 1. The van der Waals surface area contributed by atoms with Crippen LogP contribution in [0.2, 0.25) is 0 Å². The van der Waals surface area contributed by atoms with Crippen LogP contribution in [-0.4, -0.2) is 46.6 Å². The quantitative estimate of drug-likeness (QED) is 0.866. The van der Waals surface area contributed by atoms with Crippen molar-refractivity contribution >= 4 is 5.82 Å². The highest BCUT2D eigenvalue weighted by Gasteiger charge is 2.43. The van der Waals surface area contributed by atoms with Crippen molar-refractivity contribution in [3.63, 3.8) is 0 Å². The average Bonchev–Trinajstić information content (AvgIpc) is 3.46. The molecular weight excluding hydrogens is 343 g/mol. The monoisotopic (exact) mass is 368 g/mol. The fourth-order valence-electron chi connectivity index (χ4n) is 4.61. The molecule has 2 bridgehead atoms. The highest BCUT2D eigenvalue weighted by atomic mass is 19.1.